The lowest BCUT2D eigenvalue weighted by Gasteiger charge is -2.35. The van der Waals surface area contributed by atoms with Crippen molar-refractivity contribution >= 4 is 20.7 Å². The Morgan fingerprint density at radius 1 is 1.00 bits per heavy atom. The van der Waals surface area contributed by atoms with Crippen molar-refractivity contribution in [3.05, 3.63) is 65.2 Å². The summed E-state index contributed by atoms with van der Waals surface area (Å²) < 4.78 is 6.23. The number of benzene rings is 2. The van der Waals surface area contributed by atoms with Crippen LogP contribution in [0.5, 0.6) is 0 Å². The Hall–Kier alpha value is -1.97. The molecule has 3 heteroatoms. The van der Waals surface area contributed by atoms with E-state index in [0.717, 1.165) is 28.5 Å². The van der Waals surface area contributed by atoms with Gasteiger partial charge in [0.25, 0.3) is 0 Å². The molecule has 0 spiro atoms. The maximum Gasteiger partial charge on any atom is 0.192 e. The third kappa shape index (κ3) is 4.60. The molecule has 0 aliphatic rings. The molecule has 0 heterocycles. The van der Waals surface area contributed by atoms with E-state index in [9.17, 15) is 4.79 Å². The average molecular weight is 367 g/mol. The monoisotopic (exact) mass is 366 g/mol. The SMILES string of the molecule is Cc1cccc(/C=C/CO[Si](C)(C)C(C)(C)C)c1-c1ccccc1C=O. The fourth-order valence-electron chi connectivity index (χ4n) is 2.67. The van der Waals surface area contributed by atoms with Gasteiger partial charge in [-0.05, 0) is 47.3 Å². The molecule has 0 bridgehead atoms. The summed E-state index contributed by atoms with van der Waals surface area (Å²) in [5, 5.41) is 0.207. The van der Waals surface area contributed by atoms with Crippen LogP contribution in [-0.4, -0.2) is 21.2 Å². The molecule has 2 aromatic rings. The first-order chi connectivity index (χ1) is 12.2. The van der Waals surface area contributed by atoms with Crippen LogP contribution in [-0.2, 0) is 4.43 Å². The molecule has 2 nitrogen and oxygen atoms in total. The van der Waals surface area contributed by atoms with Gasteiger partial charge in [-0.25, -0.2) is 0 Å². The van der Waals surface area contributed by atoms with Crippen LogP contribution < -0.4 is 0 Å². The van der Waals surface area contributed by atoms with Crippen LogP contribution in [0.1, 0.15) is 42.3 Å². The predicted octanol–water partition coefficient (Wildman–Crippen LogP) is 6.51. The lowest BCUT2D eigenvalue weighted by atomic mass is 9.92. The maximum absolute atomic E-state index is 11.5. The molecule has 0 atom stereocenters. The molecule has 2 aromatic carbocycles. The van der Waals surface area contributed by atoms with E-state index in [2.05, 4.69) is 71.1 Å². The first-order valence-corrected chi connectivity index (χ1v) is 12.0. The lowest BCUT2D eigenvalue weighted by molar-refractivity contribution is 0.112. The summed E-state index contributed by atoms with van der Waals surface area (Å²) in [5.41, 5.74) is 5.07. The van der Waals surface area contributed by atoms with Crippen molar-refractivity contribution in [1.29, 1.82) is 0 Å². The average Bonchev–Trinajstić information content (AvgIpc) is 2.58. The molecular weight excluding hydrogens is 336 g/mol. The summed E-state index contributed by atoms with van der Waals surface area (Å²) >= 11 is 0. The van der Waals surface area contributed by atoms with E-state index in [0.29, 0.717) is 12.2 Å². The van der Waals surface area contributed by atoms with E-state index in [1.54, 1.807) is 0 Å². The van der Waals surface area contributed by atoms with Gasteiger partial charge in [-0.15, -0.1) is 0 Å². The number of carbonyl (C=O) groups is 1. The number of hydrogen-bond acceptors (Lipinski definition) is 2. The summed E-state index contributed by atoms with van der Waals surface area (Å²) in [6.45, 7) is 14.0. The summed E-state index contributed by atoms with van der Waals surface area (Å²) in [6, 6.07) is 14.0. The van der Waals surface area contributed by atoms with Crippen molar-refractivity contribution in [3.8, 4) is 11.1 Å². The van der Waals surface area contributed by atoms with E-state index in [-0.39, 0.29) is 5.04 Å². The predicted molar refractivity (Wildman–Crippen MR) is 114 cm³/mol. The van der Waals surface area contributed by atoms with E-state index >= 15 is 0 Å². The van der Waals surface area contributed by atoms with Crippen molar-refractivity contribution in [3.63, 3.8) is 0 Å². The van der Waals surface area contributed by atoms with E-state index in [4.69, 9.17) is 4.43 Å². The molecule has 0 saturated heterocycles. The van der Waals surface area contributed by atoms with Crippen LogP contribution in [0.2, 0.25) is 18.1 Å². The quantitative estimate of drug-likeness (QED) is 0.430. The Kier molecular flexibility index (Phi) is 6.38. The molecule has 0 radical (unpaired) electrons. The zero-order valence-electron chi connectivity index (χ0n) is 16.8. The third-order valence-electron chi connectivity index (χ3n) is 5.31. The van der Waals surface area contributed by atoms with Gasteiger partial charge in [-0.2, -0.15) is 0 Å². The summed E-state index contributed by atoms with van der Waals surface area (Å²) in [6.07, 6.45) is 5.12. The Bertz CT molecular complexity index is 798. The van der Waals surface area contributed by atoms with Crippen LogP contribution in [0.3, 0.4) is 0 Å². The largest absolute Gasteiger partial charge is 0.413 e. The first kappa shape index (κ1) is 20.3. The lowest BCUT2D eigenvalue weighted by Crippen LogP contribution is -2.40. The van der Waals surface area contributed by atoms with Gasteiger partial charge < -0.3 is 4.43 Å². The van der Waals surface area contributed by atoms with Crippen LogP contribution >= 0.6 is 0 Å². The molecular formula is C23H30O2Si. The maximum atomic E-state index is 11.5. The normalized spacial score (nSPS) is 12.5. The van der Waals surface area contributed by atoms with E-state index < -0.39 is 8.32 Å². The second kappa shape index (κ2) is 8.15. The van der Waals surface area contributed by atoms with Gasteiger partial charge in [-0.3, -0.25) is 4.79 Å². The number of aldehydes is 1. The highest BCUT2D eigenvalue weighted by Crippen LogP contribution is 2.36. The summed E-state index contributed by atoms with van der Waals surface area (Å²) in [4.78, 5) is 11.5. The second-order valence-corrected chi connectivity index (χ2v) is 13.0. The molecule has 0 fully saturated rings. The van der Waals surface area contributed by atoms with Gasteiger partial charge in [-0.1, -0.05) is 75.4 Å². The number of hydrogen-bond donors (Lipinski definition) is 0. The fraction of sp³-hybridized carbons (Fsp3) is 0.348. The highest BCUT2D eigenvalue weighted by atomic mass is 28.4. The van der Waals surface area contributed by atoms with Crippen molar-refractivity contribution in [2.45, 2.75) is 45.8 Å². The van der Waals surface area contributed by atoms with Gasteiger partial charge in [0, 0.05) is 5.56 Å². The molecule has 0 N–H and O–H groups in total. The van der Waals surface area contributed by atoms with Crippen LogP contribution in [0.15, 0.2) is 48.5 Å². The van der Waals surface area contributed by atoms with Crippen molar-refractivity contribution < 1.29 is 9.22 Å². The number of carbonyl (C=O) groups excluding carboxylic acids is 1. The Morgan fingerprint density at radius 2 is 1.65 bits per heavy atom. The molecule has 0 saturated carbocycles. The van der Waals surface area contributed by atoms with Gasteiger partial charge in [0.05, 0.1) is 6.61 Å². The first-order valence-electron chi connectivity index (χ1n) is 9.12. The van der Waals surface area contributed by atoms with Gasteiger partial charge >= 0.3 is 0 Å². The summed E-state index contributed by atoms with van der Waals surface area (Å²) in [7, 11) is -1.74. The smallest absolute Gasteiger partial charge is 0.192 e. The minimum absolute atomic E-state index is 0.207. The Labute approximate surface area is 159 Å². The minimum atomic E-state index is -1.74. The number of rotatable bonds is 6. The molecule has 0 unspecified atom stereocenters. The second-order valence-electron chi connectivity index (χ2n) is 8.22. The summed E-state index contributed by atoms with van der Waals surface area (Å²) in [5.74, 6) is 0. The highest BCUT2D eigenvalue weighted by Gasteiger charge is 2.36. The zero-order valence-corrected chi connectivity index (χ0v) is 17.8. The van der Waals surface area contributed by atoms with Crippen LogP contribution in [0.4, 0.5) is 0 Å². The van der Waals surface area contributed by atoms with Gasteiger partial charge in [0.1, 0.15) is 0 Å². The van der Waals surface area contributed by atoms with Gasteiger partial charge in [0.15, 0.2) is 14.6 Å². The van der Waals surface area contributed by atoms with E-state index in [1.165, 1.54) is 0 Å². The van der Waals surface area contributed by atoms with E-state index in [1.807, 2.05) is 24.3 Å². The van der Waals surface area contributed by atoms with Crippen LogP contribution in [0, 0.1) is 6.92 Å². The molecule has 2 rings (SSSR count). The topological polar surface area (TPSA) is 26.3 Å². The standard InChI is InChI=1S/C23H30O2Si/c1-18-11-9-13-19(14-10-16-25-26(5,6)23(2,3)4)22(18)21-15-8-7-12-20(21)17-24/h7-15,17H,16H2,1-6H3/b14-10+. The molecule has 26 heavy (non-hydrogen) atoms. The molecule has 0 aliphatic carbocycles. The Balaban J connectivity index is 2.29. The minimum Gasteiger partial charge on any atom is -0.413 e. The van der Waals surface area contributed by atoms with Crippen molar-refractivity contribution in [1.82, 2.24) is 0 Å². The zero-order chi connectivity index (χ0) is 19.4. The molecule has 0 amide bonds. The van der Waals surface area contributed by atoms with Crippen LogP contribution in [0.25, 0.3) is 17.2 Å². The molecule has 0 aliphatic heterocycles. The Morgan fingerprint density at radius 3 is 2.31 bits per heavy atom. The number of aryl methyl sites for hydroxylation is 1. The third-order valence-corrected chi connectivity index (χ3v) is 9.81. The van der Waals surface area contributed by atoms with Crippen molar-refractivity contribution in [2.24, 2.45) is 0 Å². The highest BCUT2D eigenvalue weighted by molar-refractivity contribution is 6.74. The fourth-order valence-corrected chi connectivity index (χ4v) is 3.62. The molecule has 138 valence electrons. The van der Waals surface area contributed by atoms with Gasteiger partial charge in [0.2, 0.25) is 0 Å². The van der Waals surface area contributed by atoms with Crippen molar-refractivity contribution in [2.75, 3.05) is 6.61 Å². The molecule has 0 aromatic heterocycles.